The van der Waals surface area contributed by atoms with Gasteiger partial charge in [0.25, 0.3) is 0 Å². The second kappa shape index (κ2) is 5.22. The predicted molar refractivity (Wildman–Crippen MR) is 88.8 cm³/mol. The van der Waals surface area contributed by atoms with Gasteiger partial charge in [-0.1, -0.05) is 43.2 Å². The topological polar surface area (TPSA) is 57.8 Å². The maximum absolute atomic E-state index is 13.1. The quantitative estimate of drug-likeness (QED) is 0.911. The molecule has 1 amide bonds. The van der Waals surface area contributed by atoms with Gasteiger partial charge >= 0.3 is 0 Å². The van der Waals surface area contributed by atoms with Crippen LogP contribution >= 0.6 is 0 Å². The number of amides is 1. The summed E-state index contributed by atoms with van der Waals surface area (Å²) in [5.74, 6) is 0.174. The Labute approximate surface area is 136 Å². The zero-order valence-corrected chi connectivity index (χ0v) is 13.6. The molecule has 23 heavy (non-hydrogen) atoms. The Morgan fingerprint density at radius 3 is 2.65 bits per heavy atom. The Hall–Kier alpha value is -2.10. The number of rotatable bonds is 4. The number of nitrogens with zero attached hydrogens (tertiary/aromatic N) is 1. The molecule has 1 atom stereocenters. The lowest BCUT2D eigenvalue weighted by Crippen LogP contribution is -2.38. The van der Waals surface area contributed by atoms with Crippen LogP contribution in [0.3, 0.4) is 0 Å². The highest BCUT2D eigenvalue weighted by Crippen LogP contribution is 2.72. The van der Waals surface area contributed by atoms with Gasteiger partial charge in [-0.25, -0.2) is 4.98 Å². The van der Waals surface area contributed by atoms with Gasteiger partial charge in [0.2, 0.25) is 5.91 Å². The first-order chi connectivity index (χ1) is 11.2. The van der Waals surface area contributed by atoms with Crippen LogP contribution in [0.15, 0.2) is 36.7 Å². The predicted octanol–water partition coefficient (Wildman–Crippen LogP) is 3.24. The third-order valence-electron chi connectivity index (χ3n) is 5.95. The van der Waals surface area contributed by atoms with Gasteiger partial charge in [0.1, 0.15) is 0 Å². The SMILES string of the molecule is Cc1[nH]cnc1CNC(=O)[C@]1(c2ccccc2)CC12CCCC2. The Balaban J connectivity index is 1.60. The average Bonchev–Trinajstić information content (AvgIpc) is 2.86. The van der Waals surface area contributed by atoms with Crippen LogP contribution in [-0.2, 0) is 16.8 Å². The van der Waals surface area contributed by atoms with Crippen molar-refractivity contribution in [1.82, 2.24) is 15.3 Å². The number of nitrogens with one attached hydrogen (secondary N) is 2. The number of imidazole rings is 1. The number of H-pyrrole nitrogens is 1. The standard InChI is InChI=1S/C19H23N3O/c1-14-16(22-13-21-14)11-20-17(23)19(15-7-3-2-4-8-15)12-18(19)9-5-6-10-18/h2-4,7-8,13H,5-6,9-12H2,1H3,(H,20,23)(H,21,22)/t19-/m1/s1. The minimum absolute atomic E-state index is 0.174. The highest BCUT2D eigenvalue weighted by atomic mass is 16.2. The van der Waals surface area contributed by atoms with E-state index in [1.807, 2.05) is 25.1 Å². The fraction of sp³-hybridized carbons (Fsp3) is 0.474. The van der Waals surface area contributed by atoms with Crippen molar-refractivity contribution in [2.75, 3.05) is 0 Å². The van der Waals surface area contributed by atoms with E-state index in [0.717, 1.165) is 17.8 Å². The zero-order valence-electron chi connectivity index (χ0n) is 13.6. The molecule has 4 heteroatoms. The van der Waals surface area contributed by atoms with Gasteiger partial charge in [-0.3, -0.25) is 4.79 Å². The van der Waals surface area contributed by atoms with Crippen LogP contribution in [0.4, 0.5) is 0 Å². The molecular formula is C19H23N3O. The monoisotopic (exact) mass is 309 g/mol. The van der Waals surface area contributed by atoms with Gasteiger partial charge < -0.3 is 10.3 Å². The fourth-order valence-electron chi connectivity index (χ4n) is 4.58. The fourth-order valence-corrected chi connectivity index (χ4v) is 4.58. The lowest BCUT2D eigenvalue weighted by Gasteiger charge is -2.22. The number of aromatic nitrogens is 2. The van der Waals surface area contributed by atoms with Crippen LogP contribution in [0, 0.1) is 12.3 Å². The molecule has 0 radical (unpaired) electrons. The van der Waals surface area contributed by atoms with Crippen LogP contribution in [0.5, 0.6) is 0 Å². The van der Waals surface area contributed by atoms with Crippen LogP contribution in [0.25, 0.3) is 0 Å². The van der Waals surface area contributed by atoms with E-state index in [9.17, 15) is 4.79 Å². The van der Waals surface area contributed by atoms with Crippen molar-refractivity contribution in [3.8, 4) is 0 Å². The maximum Gasteiger partial charge on any atom is 0.231 e. The molecule has 2 aliphatic carbocycles. The molecular weight excluding hydrogens is 286 g/mol. The summed E-state index contributed by atoms with van der Waals surface area (Å²) in [4.78, 5) is 20.5. The van der Waals surface area contributed by atoms with Crippen molar-refractivity contribution in [1.29, 1.82) is 0 Å². The molecule has 1 aromatic heterocycles. The molecule has 2 fully saturated rings. The van der Waals surface area contributed by atoms with Crippen molar-refractivity contribution < 1.29 is 4.79 Å². The van der Waals surface area contributed by atoms with Crippen LogP contribution in [0.1, 0.15) is 49.1 Å². The molecule has 1 aromatic carbocycles. The van der Waals surface area contributed by atoms with E-state index in [1.54, 1.807) is 6.33 Å². The first-order valence-corrected chi connectivity index (χ1v) is 8.51. The first kappa shape index (κ1) is 14.5. The van der Waals surface area contributed by atoms with Gasteiger partial charge in [0, 0.05) is 5.69 Å². The van der Waals surface area contributed by atoms with Crippen molar-refractivity contribution >= 4 is 5.91 Å². The Morgan fingerprint density at radius 2 is 2.00 bits per heavy atom. The van der Waals surface area contributed by atoms with Crippen LogP contribution in [-0.4, -0.2) is 15.9 Å². The molecule has 0 unspecified atom stereocenters. The molecule has 2 saturated carbocycles. The average molecular weight is 309 g/mol. The Bertz CT molecular complexity index is 715. The molecule has 1 spiro atoms. The van der Waals surface area contributed by atoms with Gasteiger partial charge in [0.05, 0.1) is 24.0 Å². The molecule has 0 bridgehead atoms. The summed E-state index contributed by atoms with van der Waals surface area (Å²) in [5.41, 5.74) is 2.99. The molecule has 0 saturated heterocycles. The summed E-state index contributed by atoms with van der Waals surface area (Å²) in [6.07, 6.45) is 7.53. The number of benzene rings is 1. The van der Waals surface area contributed by atoms with E-state index in [2.05, 4.69) is 27.4 Å². The van der Waals surface area contributed by atoms with Gasteiger partial charge in [0.15, 0.2) is 0 Å². The van der Waals surface area contributed by atoms with Gasteiger partial charge in [-0.2, -0.15) is 0 Å². The summed E-state index contributed by atoms with van der Waals surface area (Å²) in [7, 11) is 0. The van der Waals surface area contributed by atoms with Crippen molar-refractivity contribution in [2.45, 2.75) is 51.0 Å². The summed E-state index contributed by atoms with van der Waals surface area (Å²) < 4.78 is 0. The summed E-state index contributed by atoms with van der Waals surface area (Å²) in [5, 5.41) is 3.16. The van der Waals surface area contributed by atoms with E-state index >= 15 is 0 Å². The minimum Gasteiger partial charge on any atom is -0.350 e. The molecule has 0 aliphatic heterocycles. The summed E-state index contributed by atoms with van der Waals surface area (Å²) >= 11 is 0. The Kier molecular flexibility index (Phi) is 3.29. The third-order valence-corrected chi connectivity index (χ3v) is 5.95. The molecule has 4 nitrogen and oxygen atoms in total. The maximum atomic E-state index is 13.1. The second-order valence-corrected chi connectivity index (χ2v) is 7.09. The van der Waals surface area contributed by atoms with E-state index in [1.165, 1.54) is 31.2 Å². The highest BCUT2D eigenvalue weighted by Gasteiger charge is 2.72. The number of aromatic amines is 1. The van der Waals surface area contributed by atoms with Gasteiger partial charge in [-0.15, -0.1) is 0 Å². The van der Waals surface area contributed by atoms with Crippen LogP contribution in [0.2, 0.25) is 0 Å². The molecule has 2 aliphatic rings. The number of hydrogen-bond acceptors (Lipinski definition) is 2. The van der Waals surface area contributed by atoms with Crippen molar-refractivity contribution in [2.24, 2.45) is 5.41 Å². The summed E-state index contributed by atoms with van der Waals surface area (Å²) in [6, 6.07) is 10.3. The number of carbonyl (C=O) groups excluding carboxylic acids is 1. The number of hydrogen-bond donors (Lipinski definition) is 2. The van der Waals surface area contributed by atoms with Crippen molar-refractivity contribution in [3.63, 3.8) is 0 Å². The third kappa shape index (κ3) is 2.12. The van der Waals surface area contributed by atoms with Crippen molar-refractivity contribution in [3.05, 3.63) is 53.6 Å². The lowest BCUT2D eigenvalue weighted by molar-refractivity contribution is -0.124. The first-order valence-electron chi connectivity index (χ1n) is 8.51. The molecule has 1 heterocycles. The van der Waals surface area contributed by atoms with Crippen LogP contribution < -0.4 is 5.32 Å². The number of aryl methyl sites for hydroxylation is 1. The number of carbonyl (C=O) groups is 1. The van der Waals surface area contributed by atoms with E-state index < -0.39 is 0 Å². The van der Waals surface area contributed by atoms with E-state index in [4.69, 9.17) is 0 Å². The van der Waals surface area contributed by atoms with E-state index in [0.29, 0.717) is 6.54 Å². The zero-order chi connectivity index (χ0) is 15.9. The Morgan fingerprint density at radius 1 is 1.26 bits per heavy atom. The smallest absolute Gasteiger partial charge is 0.231 e. The minimum atomic E-state index is -0.324. The molecule has 120 valence electrons. The second-order valence-electron chi connectivity index (χ2n) is 7.09. The van der Waals surface area contributed by atoms with Gasteiger partial charge in [-0.05, 0) is 37.2 Å². The largest absolute Gasteiger partial charge is 0.350 e. The highest BCUT2D eigenvalue weighted by molar-refractivity contribution is 5.93. The molecule has 2 N–H and O–H groups in total. The molecule has 4 rings (SSSR count). The normalized spacial score (nSPS) is 24.7. The molecule has 2 aromatic rings. The lowest BCUT2D eigenvalue weighted by atomic mass is 9.84. The van der Waals surface area contributed by atoms with E-state index in [-0.39, 0.29) is 16.7 Å². The summed E-state index contributed by atoms with van der Waals surface area (Å²) in [6.45, 7) is 2.48.